The minimum atomic E-state index is -3.10. The maximum Gasteiger partial charge on any atom is 0.208 e. The van der Waals surface area contributed by atoms with Crippen molar-refractivity contribution in [3.8, 4) is 0 Å². The standard InChI is InChI=1S/C8H21N3O4S2/c1-16(12,13)10-7-3-5-9-6-4-8-11-17(2,14)15/h9-11H,3-8H2,1-2H3. The first-order chi connectivity index (χ1) is 7.71. The summed E-state index contributed by atoms with van der Waals surface area (Å²) in [6.45, 7) is 2.21. The molecule has 0 radical (unpaired) electrons. The van der Waals surface area contributed by atoms with Crippen molar-refractivity contribution in [1.82, 2.24) is 14.8 Å². The molecule has 0 spiro atoms. The molecule has 104 valence electrons. The molecule has 0 unspecified atom stereocenters. The molecule has 0 aliphatic heterocycles. The Balaban J connectivity index is 3.25. The molecule has 3 N–H and O–H groups in total. The summed E-state index contributed by atoms with van der Waals surface area (Å²) < 4.78 is 47.6. The Labute approximate surface area is 103 Å². The van der Waals surface area contributed by atoms with Crippen molar-refractivity contribution in [3.63, 3.8) is 0 Å². The number of rotatable bonds is 10. The van der Waals surface area contributed by atoms with Crippen LogP contribution in [-0.2, 0) is 20.0 Å². The fourth-order valence-corrected chi connectivity index (χ4v) is 2.10. The van der Waals surface area contributed by atoms with Gasteiger partial charge in [0.25, 0.3) is 0 Å². The van der Waals surface area contributed by atoms with E-state index < -0.39 is 20.0 Å². The summed E-state index contributed by atoms with van der Waals surface area (Å²) in [7, 11) is -6.19. The summed E-state index contributed by atoms with van der Waals surface area (Å²) in [4.78, 5) is 0. The molecule has 0 aliphatic carbocycles. The third kappa shape index (κ3) is 15.8. The van der Waals surface area contributed by atoms with Crippen molar-refractivity contribution in [2.45, 2.75) is 12.8 Å². The van der Waals surface area contributed by atoms with E-state index in [0.29, 0.717) is 39.0 Å². The largest absolute Gasteiger partial charge is 0.317 e. The Morgan fingerprint density at radius 2 is 1.06 bits per heavy atom. The summed E-state index contributed by atoms with van der Waals surface area (Å²) in [5.41, 5.74) is 0. The summed E-state index contributed by atoms with van der Waals surface area (Å²) >= 11 is 0. The Morgan fingerprint density at radius 1 is 0.706 bits per heavy atom. The zero-order valence-electron chi connectivity index (χ0n) is 10.2. The average Bonchev–Trinajstić information content (AvgIpc) is 2.11. The fraction of sp³-hybridized carbons (Fsp3) is 1.00. The van der Waals surface area contributed by atoms with Crippen molar-refractivity contribution < 1.29 is 16.8 Å². The Bertz CT molecular complexity index is 353. The lowest BCUT2D eigenvalue weighted by atomic mass is 10.4. The van der Waals surface area contributed by atoms with Gasteiger partial charge in [0.2, 0.25) is 20.0 Å². The smallest absolute Gasteiger partial charge is 0.208 e. The van der Waals surface area contributed by atoms with Gasteiger partial charge in [-0.1, -0.05) is 0 Å². The van der Waals surface area contributed by atoms with E-state index in [1.807, 2.05) is 0 Å². The highest BCUT2D eigenvalue weighted by Crippen LogP contribution is 1.81. The van der Waals surface area contributed by atoms with Gasteiger partial charge in [0.1, 0.15) is 0 Å². The topological polar surface area (TPSA) is 104 Å². The molecule has 0 bridgehead atoms. The van der Waals surface area contributed by atoms with E-state index in [1.54, 1.807) is 0 Å². The third-order valence-corrected chi connectivity index (χ3v) is 3.25. The minimum Gasteiger partial charge on any atom is -0.317 e. The van der Waals surface area contributed by atoms with Crippen LogP contribution in [0.25, 0.3) is 0 Å². The molecule has 0 amide bonds. The molecule has 7 nitrogen and oxygen atoms in total. The number of nitrogens with one attached hydrogen (secondary N) is 3. The predicted molar refractivity (Wildman–Crippen MR) is 67.8 cm³/mol. The van der Waals surface area contributed by atoms with Crippen LogP contribution in [0.1, 0.15) is 12.8 Å². The molecule has 0 fully saturated rings. The van der Waals surface area contributed by atoms with Crippen molar-refractivity contribution >= 4 is 20.0 Å². The second-order valence-electron chi connectivity index (χ2n) is 3.79. The zero-order valence-corrected chi connectivity index (χ0v) is 11.8. The van der Waals surface area contributed by atoms with Gasteiger partial charge in [0, 0.05) is 13.1 Å². The van der Waals surface area contributed by atoms with Crippen LogP contribution in [0.3, 0.4) is 0 Å². The third-order valence-electron chi connectivity index (χ3n) is 1.79. The van der Waals surface area contributed by atoms with Gasteiger partial charge in [-0.25, -0.2) is 26.3 Å². The van der Waals surface area contributed by atoms with Crippen LogP contribution in [0.4, 0.5) is 0 Å². The lowest BCUT2D eigenvalue weighted by Crippen LogP contribution is -2.28. The maximum absolute atomic E-state index is 10.7. The molecule has 0 saturated carbocycles. The molecule has 0 aliphatic rings. The first kappa shape index (κ1) is 16.8. The molecule has 0 aromatic carbocycles. The van der Waals surface area contributed by atoms with Crippen LogP contribution in [0.5, 0.6) is 0 Å². The predicted octanol–water partition coefficient (Wildman–Crippen LogP) is -1.55. The van der Waals surface area contributed by atoms with E-state index in [1.165, 1.54) is 0 Å². The highest BCUT2D eigenvalue weighted by atomic mass is 32.2. The molecule has 0 rings (SSSR count). The van der Waals surface area contributed by atoms with Gasteiger partial charge in [0.15, 0.2) is 0 Å². The van der Waals surface area contributed by atoms with Crippen LogP contribution in [-0.4, -0.2) is 55.5 Å². The molecule has 0 atom stereocenters. The van der Waals surface area contributed by atoms with Gasteiger partial charge in [-0.2, -0.15) is 0 Å². The van der Waals surface area contributed by atoms with Crippen LogP contribution < -0.4 is 14.8 Å². The highest BCUT2D eigenvalue weighted by Gasteiger charge is 1.99. The van der Waals surface area contributed by atoms with E-state index in [0.717, 1.165) is 12.5 Å². The second kappa shape index (κ2) is 7.98. The highest BCUT2D eigenvalue weighted by molar-refractivity contribution is 7.89. The van der Waals surface area contributed by atoms with Gasteiger partial charge < -0.3 is 5.32 Å². The van der Waals surface area contributed by atoms with Crippen LogP contribution in [0.15, 0.2) is 0 Å². The normalized spacial score (nSPS) is 12.8. The number of sulfonamides is 2. The molecule has 0 aromatic heterocycles. The summed E-state index contributed by atoms with van der Waals surface area (Å²) in [6.07, 6.45) is 3.65. The van der Waals surface area contributed by atoms with Crippen molar-refractivity contribution in [2.75, 3.05) is 38.7 Å². The summed E-state index contributed by atoms with van der Waals surface area (Å²) in [5, 5.41) is 3.09. The zero-order chi connectivity index (χ0) is 13.4. The molecular formula is C8H21N3O4S2. The van der Waals surface area contributed by atoms with Crippen molar-refractivity contribution in [2.24, 2.45) is 0 Å². The molecule has 0 saturated heterocycles. The van der Waals surface area contributed by atoms with Gasteiger partial charge in [-0.15, -0.1) is 0 Å². The number of hydrogen-bond acceptors (Lipinski definition) is 5. The van der Waals surface area contributed by atoms with Crippen LogP contribution in [0.2, 0.25) is 0 Å². The Hall–Kier alpha value is -0.220. The van der Waals surface area contributed by atoms with E-state index in [4.69, 9.17) is 0 Å². The van der Waals surface area contributed by atoms with Gasteiger partial charge >= 0.3 is 0 Å². The van der Waals surface area contributed by atoms with Gasteiger partial charge in [-0.3, -0.25) is 0 Å². The maximum atomic E-state index is 10.7. The fourth-order valence-electron chi connectivity index (χ4n) is 1.07. The summed E-state index contributed by atoms with van der Waals surface area (Å²) in [5.74, 6) is 0. The van der Waals surface area contributed by atoms with Crippen molar-refractivity contribution in [3.05, 3.63) is 0 Å². The second-order valence-corrected chi connectivity index (χ2v) is 7.46. The SMILES string of the molecule is CS(=O)(=O)NCCCNCCCNS(C)(=O)=O. The molecule has 9 heteroatoms. The Kier molecular flexibility index (Phi) is 7.88. The number of hydrogen-bond donors (Lipinski definition) is 3. The van der Waals surface area contributed by atoms with Gasteiger partial charge in [0.05, 0.1) is 12.5 Å². The van der Waals surface area contributed by atoms with Crippen molar-refractivity contribution in [1.29, 1.82) is 0 Å². The summed E-state index contributed by atoms with van der Waals surface area (Å²) in [6, 6.07) is 0. The minimum absolute atomic E-state index is 0.410. The average molecular weight is 287 g/mol. The lowest BCUT2D eigenvalue weighted by molar-refractivity contribution is 0.571. The quantitative estimate of drug-likeness (QED) is 0.422. The van der Waals surface area contributed by atoms with E-state index >= 15 is 0 Å². The van der Waals surface area contributed by atoms with E-state index in [9.17, 15) is 16.8 Å². The van der Waals surface area contributed by atoms with Crippen LogP contribution in [0, 0.1) is 0 Å². The first-order valence-corrected chi connectivity index (χ1v) is 9.09. The van der Waals surface area contributed by atoms with Crippen LogP contribution >= 0.6 is 0 Å². The monoisotopic (exact) mass is 287 g/mol. The van der Waals surface area contributed by atoms with E-state index in [2.05, 4.69) is 14.8 Å². The molecule has 17 heavy (non-hydrogen) atoms. The molecule has 0 heterocycles. The van der Waals surface area contributed by atoms with E-state index in [-0.39, 0.29) is 0 Å². The molecule has 0 aromatic rings. The molecular weight excluding hydrogens is 266 g/mol. The Morgan fingerprint density at radius 3 is 1.35 bits per heavy atom. The van der Waals surface area contributed by atoms with Gasteiger partial charge in [-0.05, 0) is 25.9 Å². The first-order valence-electron chi connectivity index (χ1n) is 5.31. The lowest BCUT2D eigenvalue weighted by Gasteiger charge is -2.05.